The highest BCUT2D eigenvalue weighted by Crippen LogP contribution is 2.28. The van der Waals surface area contributed by atoms with Crippen molar-refractivity contribution in [1.82, 2.24) is 9.80 Å². The smallest absolute Gasteiger partial charge is 0.263 e. The molecule has 3 rings (SSSR count). The van der Waals surface area contributed by atoms with Crippen LogP contribution in [0.15, 0.2) is 42.5 Å². The van der Waals surface area contributed by atoms with Crippen LogP contribution in [-0.2, 0) is 11.3 Å². The van der Waals surface area contributed by atoms with Gasteiger partial charge in [0.25, 0.3) is 5.91 Å². The molecule has 1 atom stereocenters. The summed E-state index contributed by atoms with van der Waals surface area (Å²) < 4.78 is 5.78. The number of carbonyl (C=O) groups excluding carboxylic acids is 1. The molecule has 1 unspecified atom stereocenters. The molecule has 156 valence electrons. The van der Waals surface area contributed by atoms with E-state index in [1.165, 1.54) is 11.3 Å². The first-order valence-corrected chi connectivity index (χ1v) is 10.5. The number of hydrogen-bond donors (Lipinski definition) is 0. The van der Waals surface area contributed by atoms with E-state index < -0.39 is 6.10 Å². The van der Waals surface area contributed by atoms with Gasteiger partial charge in [0.1, 0.15) is 5.75 Å². The van der Waals surface area contributed by atoms with Crippen molar-refractivity contribution in [2.45, 2.75) is 19.6 Å². The van der Waals surface area contributed by atoms with Crippen molar-refractivity contribution < 1.29 is 9.53 Å². The van der Waals surface area contributed by atoms with Crippen LogP contribution in [0.2, 0.25) is 10.0 Å². The molecule has 0 aliphatic carbocycles. The zero-order valence-corrected chi connectivity index (χ0v) is 18.6. The molecule has 1 saturated heterocycles. The van der Waals surface area contributed by atoms with E-state index >= 15 is 0 Å². The molecule has 0 spiro atoms. The Morgan fingerprint density at radius 2 is 1.83 bits per heavy atom. The van der Waals surface area contributed by atoms with E-state index in [9.17, 15) is 4.79 Å². The lowest BCUT2D eigenvalue weighted by atomic mass is 10.1. The molecular weight excluding hydrogens is 409 g/mol. The van der Waals surface area contributed by atoms with Gasteiger partial charge in [-0.3, -0.25) is 4.79 Å². The van der Waals surface area contributed by atoms with Gasteiger partial charge in [-0.05, 0) is 56.9 Å². The predicted octanol–water partition coefficient (Wildman–Crippen LogP) is 4.17. The first-order chi connectivity index (χ1) is 13.8. The van der Waals surface area contributed by atoms with Crippen molar-refractivity contribution in [2.75, 3.05) is 45.2 Å². The molecule has 1 aliphatic heterocycles. The van der Waals surface area contributed by atoms with Gasteiger partial charge >= 0.3 is 0 Å². The quantitative estimate of drug-likeness (QED) is 0.681. The van der Waals surface area contributed by atoms with Crippen molar-refractivity contribution in [2.24, 2.45) is 0 Å². The summed E-state index contributed by atoms with van der Waals surface area (Å²) in [4.78, 5) is 19.1. The zero-order chi connectivity index (χ0) is 21.0. The van der Waals surface area contributed by atoms with Crippen molar-refractivity contribution in [3.8, 4) is 5.75 Å². The topological polar surface area (TPSA) is 36.0 Å². The molecule has 5 nitrogen and oxygen atoms in total. The molecule has 2 aromatic carbocycles. The zero-order valence-electron chi connectivity index (χ0n) is 17.1. The summed E-state index contributed by atoms with van der Waals surface area (Å²) in [6.07, 6.45) is -0.608. The summed E-state index contributed by atoms with van der Waals surface area (Å²) >= 11 is 12.1. The second-order valence-electron chi connectivity index (χ2n) is 7.55. The minimum absolute atomic E-state index is 0.0305. The van der Waals surface area contributed by atoms with E-state index in [2.05, 4.69) is 48.2 Å². The first-order valence-electron chi connectivity index (χ1n) is 9.72. The summed E-state index contributed by atoms with van der Waals surface area (Å²) in [6, 6.07) is 13.6. The molecule has 0 bridgehead atoms. The lowest BCUT2D eigenvalue weighted by Crippen LogP contribution is -2.52. The van der Waals surface area contributed by atoms with E-state index in [1.54, 1.807) is 25.1 Å². The number of halogens is 2. The Balaban J connectivity index is 1.56. The van der Waals surface area contributed by atoms with Crippen LogP contribution in [0.4, 0.5) is 5.69 Å². The van der Waals surface area contributed by atoms with Gasteiger partial charge in [0.2, 0.25) is 0 Å². The molecule has 1 amide bonds. The van der Waals surface area contributed by atoms with Gasteiger partial charge < -0.3 is 19.4 Å². The fourth-order valence-electron chi connectivity index (χ4n) is 3.47. The van der Waals surface area contributed by atoms with Crippen LogP contribution in [0.3, 0.4) is 0 Å². The summed E-state index contributed by atoms with van der Waals surface area (Å²) in [5, 5.41) is 0.937. The van der Waals surface area contributed by atoms with Crippen molar-refractivity contribution >= 4 is 34.8 Å². The van der Waals surface area contributed by atoms with Crippen LogP contribution in [0.5, 0.6) is 5.75 Å². The molecule has 0 saturated carbocycles. The molecule has 1 aliphatic rings. The predicted molar refractivity (Wildman–Crippen MR) is 119 cm³/mol. The Hall–Kier alpha value is -1.95. The van der Waals surface area contributed by atoms with E-state index in [-0.39, 0.29) is 5.91 Å². The maximum atomic E-state index is 12.8. The second kappa shape index (κ2) is 9.70. The van der Waals surface area contributed by atoms with E-state index in [4.69, 9.17) is 27.9 Å². The monoisotopic (exact) mass is 435 g/mol. The fraction of sp³-hybridized carbons (Fsp3) is 0.409. The first kappa shape index (κ1) is 21.8. The highest BCUT2D eigenvalue weighted by molar-refractivity contribution is 6.35. The Morgan fingerprint density at radius 3 is 2.48 bits per heavy atom. The molecule has 7 heteroatoms. The molecule has 0 radical (unpaired) electrons. The highest BCUT2D eigenvalue weighted by Gasteiger charge is 2.26. The van der Waals surface area contributed by atoms with Gasteiger partial charge in [-0.25, -0.2) is 0 Å². The van der Waals surface area contributed by atoms with Crippen LogP contribution in [-0.4, -0.2) is 62.1 Å². The maximum absolute atomic E-state index is 12.8. The number of anilines is 1. The average Bonchev–Trinajstić information content (AvgIpc) is 2.69. The summed E-state index contributed by atoms with van der Waals surface area (Å²) in [6.45, 7) is 5.59. The van der Waals surface area contributed by atoms with Crippen LogP contribution >= 0.6 is 23.2 Å². The number of ether oxygens (including phenoxy) is 1. The van der Waals surface area contributed by atoms with E-state index in [0.717, 1.165) is 19.6 Å². The minimum atomic E-state index is -0.608. The molecule has 0 aromatic heterocycles. The number of carbonyl (C=O) groups is 1. The lowest BCUT2D eigenvalue weighted by Gasteiger charge is -2.37. The fourth-order valence-corrected chi connectivity index (χ4v) is 3.92. The Labute approximate surface area is 182 Å². The van der Waals surface area contributed by atoms with Gasteiger partial charge in [-0.2, -0.15) is 0 Å². The van der Waals surface area contributed by atoms with Gasteiger partial charge in [-0.15, -0.1) is 0 Å². The Kier molecular flexibility index (Phi) is 7.28. The summed E-state index contributed by atoms with van der Waals surface area (Å²) in [7, 11) is 4.13. The van der Waals surface area contributed by atoms with Crippen LogP contribution in [0.1, 0.15) is 12.5 Å². The van der Waals surface area contributed by atoms with Crippen LogP contribution in [0.25, 0.3) is 0 Å². The van der Waals surface area contributed by atoms with Crippen molar-refractivity contribution in [3.63, 3.8) is 0 Å². The number of benzene rings is 2. The standard InChI is InChI=1S/C22H27Cl2N3O2/c1-16(29-21-8-7-18(23)14-20(21)24)22(28)27-11-9-26(10-12-27)19-6-4-5-17(13-19)15-25(2)3/h4-8,13-14,16H,9-12,15H2,1-3H3. The second-order valence-corrected chi connectivity index (χ2v) is 8.40. The third kappa shape index (κ3) is 5.78. The maximum Gasteiger partial charge on any atom is 0.263 e. The van der Waals surface area contributed by atoms with Crippen molar-refractivity contribution in [1.29, 1.82) is 0 Å². The largest absolute Gasteiger partial charge is 0.479 e. The normalized spacial score (nSPS) is 15.5. The Morgan fingerprint density at radius 1 is 1.10 bits per heavy atom. The molecular formula is C22H27Cl2N3O2. The molecule has 0 N–H and O–H groups in total. The minimum Gasteiger partial charge on any atom is -0.479 e. The van der Waals surface area contributed by atoms with Gasteiger partial charge in [0.15, 0.2) is 6.10 Å². The Bertz CT molecular complexity index is 852. The number of nitrogens with zero attached hydrogens (tertiary/aromatic N) is 3. The van der Waals surface area contributed by atoms with Gasteiger partial charge in [0, 0.05) is 43.4 Å². The number of rotatable bonds is 6. The van der Waals surface area contributed by atoms with Crippen LogP contribution < -0.4 is 9.64 Å². The van der Waals surface area contributed by atoms with Crippen molar-refractivity contribution in [3.05, 3.63) is 58.1 Å². The molecule has 2 aromatic rings. The SMILES string of the molecule is CC(Oc1ccc(Cl)cc1Cl)C(=O)N1CCN(c2cccc(CN(C)C)c2)CC1. The number of amides is 1. The van der Waals surface area contributed by atoms with Gasteiger partial charge in [-0.1, -0.05) is 35.3 Å². The van der Waals surface area contributed by atoms with Gasteiger partial charge in [0.05, 0.1) is 5.02 Å². The highest BCUT2D eigenvalue weighted by atomic mass is 35.5. The molecule has 1 heterocycles. The number of piperazine rings is 1. The molecule has 29 heavy (non-hydrogen) atoms. The lowest BCUT2D eigenvalue weighted by molar-refractivity contribution is -0.138. The van der Waals surface area contributed by atoms with E-state index in [1.807, 2.05) is 4.90 Å². The summed E-state index contributed by atoms with van der Waals surface area (Å²) in [5.41, 5.74) is 2.49. The number of hydrogen-bond acceptors (Lipinski definition) is 4. The van der Waals surface area contributed by atoms with E-state index in [0.29, 0.717) is 28.9 Å². The third-order valence-electron chi connectivity index (χ3n) is 4.91. The van der Waals surface area contributed by atoms with Crippen LogP contribution in [0, 0.1) is 0 Å². The third-order valence-corrected chi connectivity index (χ3v) is 5.44. The molecule has 1 fully saturated rings. The average molecular weight is 436 g/mol. The summed E-state index contributed by atoms with van der Waals surface area (Å²) in [5.74, 6) is 0.435.